The first-order chi connectivity index (χ1) is 8.83. The molecule has 2 aliphatic rings. The summed E-state index contributed by atoms with van der Waals surface area (Å²) in [6, 6.07) is 1.03. The van der Waals surface area contributed by atoms with Gasteiger partial charge in [-0.25, -0.2) is 10.8 Å². The number of nitrogens with one attached hydrogen (secondary N) is 2. The summed E-state index contributed by atoms with van der Waals surface area (Å²) in [6.45, 7) is 2.28. The molecule has 2 atom stereocenters. The van der Waals surface area contributed by atoms with Gasteiger partial charge in [0.05, 0.1) is 6.04 Å². The Labute approximate surface area is 111 Å². The Morgan fingerprint density at radius 2 is 1.78 bits per heavy atom. The van der Waals surface area contributed by atoms with Crippen molar-refractivity contribution >= 4 is 5.96 Å². The Bertz CT molecular complexity index is 271. The van der Waals surface area contributed by atoms with E-state index in [1.807, 2.05) is 0 Å². The summed E-state index contributed by atoms with van der Waals surface area (Å²) < 4.78 is 0. The highest BCUT2D eigenvalue weighted by molar-refractivity contribution is 5.79. The van der Waals surface area contributed by atoms with Gasteiger partial charge in [0.25, 0.3) is 0 Å². The molecule has 0 aliphatic heterocycles. The summed E-state index contributed by atoms with van der Waals surface area (Å²) in [6.07, 6.45) is 11.6. The number of hydrazine groups is 1. The topological polar surface area (TPSA) is 62.4 Å². The van der Waals surface area contributed by atoms with Crippen molar-refractivity contribution in [1.29, 1.82) is 0 Å². The van der Waals surface area contributed by atoms with E-state index in [1.165, 1.54) is 57.8 Å². The molecule has 2 rings (SSSR count). The Morgan fingerprint density at radius 3 is 2.44 bits per heavy atom. The predicted octanol–water partition coefficient (Wildman–Crippen LogP) is 2.31. The molecule has 4 N–H and O–H groups in total. The molecule has 0 spiro atoms. The molecule has 0 aromatic rings. The van der Waals surface area contributed by atoms with E-state index in [-0.39, 0.29) is 0 Å². The third-order valence-electron chi connectivity index (χ3n) is 4.52. The second-order valence-corrected chi connectivity index (χ2v) is 5.77. The molecule has 4 heteroatoms. The fraction of sp³-hybridized carbons (Fsp3) is 0.929. The van der Waals surface area contributed by atoms with Crippen molar-refractivity contribution < 1.29 is 0 Å². The summed E-state index contributed by atoms with van der Waals surface area (Å²) in [5.74, 6) is 7.17. The number of rotatable bonds is 3. The fourth-order valence-electron chi connectivity index (χ4n) is 3.38. The summed E-state index contributed by atoms with van der Waals surface area (Å²) in [4.78, 5) is 4.84. The lowest BCUT2D eigenvalue weighted by Crippen LogP contribution is -2.46. The van der Waals surface area contributed by atoms with E-state index >= 15 is 0 Å². The van der Waals surface area contributed by atoms with Crippen LogP contribution in [0.4, 0.5) is 0 Å². The van der Waals surface area contributed by atoms with Crippen LogP contribution >= 0.6 is 0 Å². The Kier molecular flexibility index (Phi) is 5.29. The monoisotopic (exact) mass is 252 g/mol. The van der Waals surface area contributed by atoms with E-state index in [0.717, 1.165) is 11.9 Å². The molecule has 2 fully saturated rings. The van der Waals surface area contributed by atoms with Crippen molar-refractivity contribution in [1.82, 2.24) is 10.7 Å². The van der Waals surface area contributed by atoms with E-state index in [2.05, 4.69) is 17.7 Å². The van der Waals surface area contributed by atoms with E-state index < -0.39 is 0 Å². The molecular weight excluding hydrogens is 224 g/mol. The molecule has 0 saturated heterocycles. The van der Waals surface area contributed by atoms with Gasteiger partial charge in [0.2, 0.25) is 5.96 Å². The predicted molar refractivity (Wildman–Crippen MR) is 76.2 cm³/mol. The van der Waals surface area contributed by atoms with E-state index in [0.29, 0.717) is 12.1 Å². The minimum absolute atomic E-state index is 0.462. The van der Waals surface area contributed by atoms with Crippen molar-refractivity contribution in [2.45, 2.75) is 76.8 Å². The van der Waals surface area contributed by atoms with Crippen LogP contribution in [0.15, 0.2) is 4.99 Å². The van der Waals surface area contributed by atoms with Crippen LogP contribution in [0.3, 0.4) is 0 Å². The molecule has 2 unspecified atom stereocenters. The van der Waals surface area contributed by atoms with Gasteiger partial charge in [-0.15, -0.1) is 0 Å². The van der Waals surface area contributed by atoms with Crippen LogP contribution in [0, 0.1) is 5.92 Å². The van der Waals surface area contributed by atoms with Crippen molar-refractivity contribution in [3.63, 3.8) is 0 Å². The average molecular weight is 252 g/mol. The van der Waals surface area contributed by atoms with Crippen LogP contribution < -0.4 is 16.6 Å². The van der Waals surface area contributed by atoms with Crippen LogP contribution in [-0.2, 0) is 0 Å². The first kappa shape index (κ1) is 13.7. The van der Waals surface area contributed by atoms with E-state index in [1.54, 1.807) is 0 Å². The van der Waals surface area contributed by atoms with Crippen LogP contribution in [0.1, 0.15) is 64.7 Å². The van der Waals surface area contributed by atoms with Gasteiger partial charge >= 0.3 is 0 Å². The largest absolute Gasteiger partial charge is 0.353 e. The van der Waals surface area contributed by atoms with Crippen molar-refractivity contribution in [3.05, 3.63) is 0 Å². The Hall–Kier alpha value is -0.770. The van der Waals surface area contributed by atoms with Crippen LogP contribution in [-0.4, -0.2) is 18.0 Å². The summed E-state index contributed by atoms with van der Waals surface area (Å²) >= 11 is 0. The summed E-state index contributed by atoms with van der Waals surface area (Å²) in [7, 11) is 0. The first-order valence-electron chi connectivity index (χ1n) is 7.64. The van der Waals surface area contributed by atoms with Crippen LogP contribution in [0.2, 0.25) is 0 Å². The van der Waals surface area contributed by atoms with Gasteiger partial charge in [0.1, 0.15) is 0 Å². The van der Waals surface area contributed by atoms with Gasteiger partial charge in [-0.1, -0.05) is 39.0 Å². The molecule has 0 bridgehead atoms. The Morgan fingerprint density at radius 1 is 1.11 bits per heavy atom. The minimum Gasteiger partial charge on any atom is -0.353 e. The maximum atomic E-state index is 5.61. The molecule has 0 heterocycles. The zero-order chi connectivity index (χ0) is 12.8. The molecule has 2 aliphatic carbocycles. The quantitative estimate of drug-likeness (QED) is 0.312. The fourth-order valence-corrected chi connectivity index (χ4v) is 3.38. The van der Waals surface area contributed by atoms with Crippen molar-refractivity contribution in [2.75, 3.05) is 0 Å². The van der Waals surface area contributed by atoms with Gasteiger partial charge in [0, 0.05) is 6.04 Å². The molecule has 18 heavy (non-hydrogen) atoms. The molecule has 0 aromatic carbocycles. The SMILES string of the molecule is CCC1CCCCC1N=C(NN)NC1CCCC1. The highest BCUT2D eigenvalue weighted by Gasteiger charge is 2.24. The molecule has 4 nitrogen and oxygen atoms in total. The molecule has 0 amide bonds. The number of aliphatic imine (C=N–C) groups is 1. The normalized spacial score (nSPS) is 30.4. The molecular formula is C14H28N4. The minimum atomic E-state index is 0.462. The lowest BCUT2D eigenvalue weighted by atomic mass is 9.83. The summed E-state index contributed by atoms with van der Waals surface area (Å²) in [5.41, 5.74) is 2.76. The molecule has 104 valence electrons. The van der Waals surface area contributed by atoms with Gasteiger partial charge in [-0.3, -0.25) is 5.43 Å². The second-order valence-electron chi connectivity index (χ2n) is 5.77. The molecule has 0 aromatic heterocycles. The highest BCUT2D eigenvalue weighted by atomic mass is 15.3. The zero-order valence-corrected chi connectivity index (χ0v) is 11.6. The third-order valence-corrected chi connectivity index (χ3v) is 4.52. The summed E-state index contributed by atoms with van der Waals surface area (Å²) in [5, 5.41) is 3.47. The van der Waals surface area contributed by atoms with Gasteiger partial charge in [-0.05, 0) is 31.6 Å². The molecule has 2 saturated carbocycles. The van der Waals surface area contributed by atoms with Crippen molar-refractivity contribution in [2.24, 2.45) is 16.8 Å². The number of hydrogen-bond donors (Lipinski definition) is 3. The first-order valence-corrected chi connectivity index (χ1v) is 7.64. The maximum Gasteiger partial charge on any atom is 0.206 e. The maximum absolute atomic E-state index is 5.61. The van der Waals surface area contributed by atoms with Gasteiger partial charge < -0.3 is 5.32 Å². The Balaban J connectivity index is 1.93. The van der Waals surface area contributed by atoms with Gasteiger partial charge in [-0.2, -0.15) is 0 Å². The smallest absolute Gasteiger partial charge is 0.206 e. The molecule has 0 radical (unpaired) electrons. The van der Waals surface area contributed by atoms with E-state index in [9.17, 15) is 0 Å². The number of nitrogens with zero attached hydrogens (tertiary/aromatic N) is 1. The standard InChI is InChI=1S/C14H28N4/c1-2-11-7-3-6-10-13(11)17-14(18-15)16-12-8-4-5-9-12/h11-13H,2-10,15H2,1H3,(H2,16,17,18). The van der Waals surface area contributed by atoms with Crippen LogP contribution in [0.5, 0.6) is 0 Å². The van der Waals surface area contributed by atoms with E-state index in [4.69, 9.17) is 10.8 Å². The lowest BCUT2D eigenvalue weighted by molar-refractivity contribution is 0.300. The van der Waals surface area contributed by atoms with Gasteiger partial charge in [0.15, 0.2) is 0 Å². The van der Waals surface area contributed by atoms with Crippen molar-refractivity contribution in [3.8, 4) is 0 Å². The number of nitrogens with two attached hydrogens (primary N) is 1. The number of guanidine groups is 1. The van der Waals surface area contributed by atoms with Crippen LogP contribution in [0.25, 0.3) is 0 Å². The zero-order valence-electron chi connectivity index (χ0n) is 11.6. The lowest BCUT2D eigenvalue weighted by Gasteiger charge is -2.29. The average Bonchev–Trinajstić information content (AvgIpc) is 2.91. The number of hydrogen-bond acceptors (Lipinski definition) is 2. The third kappa shape index (κ3) is 3.61. The highest BCUT2D eigenvalue weighted by Crippen LogP contribution is 2.29. The second kappa shape index (κ2) is 6.98.